The molecule has 1 atom stereocenters. The Morgan fingerprint density at radius 3 is 2.85 bits per heavy atom. The van der Waals surface area contributed by atoms with Crippen molar-refractivity contribution >= 4 is 26.7 Å². The molecule has 0 bridgehead atoms. The molecule has 4 heteroatoms. The van der Waals surface area contributed by atoms with E-state index in [4.69, 9.17) is 4.74 Å². The second-order valence-electron chi connectivity index (χ2n) is 4.75. The molecule has 1 heterocycles. The zero-order valence-electron chi connectivity index (χ0n) is 11.2. The zero-order valence-corrected chi connectivity index (χ0v) is 13.6. The molecule has 3 rings (SSSR count). The predicted molar refractivity (Wildman–Crippen MR) is 83.9 cm³/mol. The second kappa shape index (κ2) is 5.70. The van der Waals surface area contributed by atoms with Gasteiger partial charge in [-0.15, -0.1) is 0 Å². The van der Waals surface area contributed by atoms with Gasteiger partial charge < -0.3 is 4.74 Å². The number of fused-ring (bicyclic) bond motifs is 2. The number of hydrogen-bond donors (Lipinski definition) is 0. The van der Waals surface area contributed by atoms with Gasteiger partial charge in [0.25, 0.3) is 0 Å². The van der Waals surface area contributed by atoms with Gasteiger partial charge in [-0.3, -0.25) is 0 Å². The summed E-state index contributed by atoms with van der Waals surface area (Å²) in [6, 6.07) is 11.8. The highest BCUT2D eigenvalue weighted by Gasteiger charge is 2.27. The van der Waals surface area contributed by atoms with Crippen LogP contribution in [0.25, 0.3) is 0 Å². The van der Waals surface area contributed by atoms with E-state index in [0.717, 1.165) is 44.0 Å². The van der Waals surface area contributed by atoms with Crippen molar-refractivity contribution in [3.8, 4) is 5.75 Å². The van der Waals surface area contributed by atoms with Crippen LogP contribution in [0, 0.1) is 0 Å². The number of rotatable bonds is 3. The third-order valence-electron chi connectivity index (χ3n) is 3.35. The Bertz CT molecular complexity index is 682. The molecule has 0 amide bonds. The SMILES string of the molecule is CCCOc1ccc(Br)c2c1S(=O)c1ccccc1C2. The first-order valence-electron chi connectivity index (χ1n) is 6.66. The standard InChI is InChI=1S/C16H15BrO2S/c1-2-9-19-14-8-7-13(17)12-10-11-5-3-4-6-15(11)20(18)16(12)14/h3-8H,2,9-10H2,1H3. The van der Waals surface area contributed by atoms with E-state index >= 15 is 0 Å². The van der Waals surface area contributed by atoms with Gasteiger partial charge in [0.15, 0.2) is 0 Å². The molecule has 1 unspecified atom stereocenters. The molecular formula is C16H15BrO2S. The Balaban J connectivity index is 2.14. The van der Waals surface area contributed by atoms with E-state index in [2.05, 4.69) is 22.9 Å². The van der Waals surface area contributed by atoms with Crippen LogP contribution in [-0.4, -0.2) is 10.8 Å². The first-order chi connectivity index (χ1) is 9.72. The molecule has 2 nitrogen and oxygen atoms in total. The molecule has 0 saturated heterocycles. The molecule has 20 heavy (non-hydrogen) atoms. The lowest BCUT2D eigenvalue weighted by Gasteiger charge is -2.22. The van der Waals surface area contributed by atoms with Crippen molar-refractivity contribution in [2.75, 3.05) is 6.61 Å². The van der Waals surface area contributed by atoms with E-state index in [0.29, 0.717) is 6.61 Å². The molecule has 0 fully saturated rings. The molecule has 0 radical (unpaired) electrons. The summed E-state index contributed by atoms with van der Waals surface area (Å²) >= 11 is 3.57. The molecule has 0 N–H and O–H groups in total. The van der Waals surface area contributed by atoms with Crippen molar-refractivity contribution in [3.63, 3.8) is 0 Å². The maximum atomic E-state index is 12.9. The Morgan fingerprint density at radius 1 is 1.25 bits per heavy atom. The van der Waals surface area contributed by atoms with Crippen molar-refractivity contribution in [3.05, 3.63) is 52.0 Å². The Hall–Kier alpha value is -1.13. The third-order valence-corrected chi connectivity index (χ3v) is 5.71. The molecule has 0 saturated carbocycles. The average Bonchev–Trinajstić information content (AvgIpc) is 2.47. The van der Waals surface area contributed by atoms with Crippen molar-refractivity contribution in [2.24, 2.45) is 0 Å². The summed E-state index contributed by atoms with van der Waals surface area (Å²) in [6.45, 7) is 2.71. The highest BCUT2D eigenvalue weighted by atomic mass is 79.9. The predicted octanol–water partition coefficient (Wildman–Crippen LogP) is 4.31. The Morgan fingerprint density at radius 2 is 2.05 bits per heavy atom. The van der Waals surface area contributed by atoms with Crippen molar-refractivity contribution in [1.29, 1.82) is 0 Å². The number of benzene rings is 2. The maximum absolute atomic E-state index is 12.9. The lowest BCUT2D eigenvalue weighted by molar-refractivity contribution is 0.309. The summed E-state index contributed by atoms with van der Waals surface area (Å²) < 4.78 is 19.6. The summed E-state index contributed by atoms with van der Waals surface area (Å²) in [7, 11) is -1.17. The van der Waals surface area contributed by atoms with Crippen LogP contribution in [0.5, 0.6) is 5.75 Å². The van der Waals surface area contributed by atoms with E-state index in [1.807, 2.05) is 36.4 Å². The van der Waals surface area contributed by atoms with Crippen LogP contribution < -0.4 is 4.74 Å². The van der Waals surface area contributed by atoms with E-state index in [1.54, 1.807) is 0 Å². The van der Waals surface area contributed by atoms with Gasteiger partial charge in [-0.1, -0.05) is 41.1 Å². The first-order valence-corrected chi connectivity index (χ1v) is 8.60. The number of halogens is 1. The molecule has 0 spiro atoms. The molecule has 1 aliphatic rings. The topological polar surface area (TPSA) is 26.3 Å². The minimum atomic E-state index is -1.17. The van der Waals surface area contributed by atoms with Gasteiger partial charge in [-0.05, 0) is 35.7 Å². The zero-order chi connectivity index (χ0) is 14.1. The molecule has 2 aromatic carbocycles. The average molecular weight is 351 g/mol. The minimum absolute atomic E-state index is 0.646. The minimum Gasteiger partial charge on any atom is -0.492 e. The van der Waals surface area contributed by atoms with Gasteiger partial charge in [0, 0.05) is 15.8 Å². The van der Waals surface area contributed by atoms with Gasteiger partial charge in [0.2, 0.25) is 0 Å². The lowest BCUT2D eigenvalue weighted by Crippen LogP contribution is -2.12. The summed E-state index contributed by atoms with van der Waals surface area (Å²) in [5.74, 6) is 0.748. The fourth-order valence-corrected chi connectivity index (χ4v) is 4.52. The molecule has 104 valence electrons. The highest BCUT2D eigenvalue weighted by Crippen LogP contribution is 2.40. The van der Waals surface area contributed by atoms with Crippen LogP contribution >= 0.6 is 15.9 Å². The smallest absolute Gasteiger partial charge is 0.136 e. The molecule has 1 aliphatic heterocycles. The Kier molecular flexibility index (Phi) is 3.94. The molecule has 0 aromatic heterocycles. The monoisotopic (exact) mass is 350 g/mol. The van der Waals surface area contributed by atoms with Gasteiger partial charge >= 0.3 is 0 Å². The quantitative estimate of drug-likeness (QED) is 0.703. The van der Waals surface area contributed by atoms with Crippen molar-refractivity contribution in [1.82, 2.24) is 0 Å². The van der Waals surface area contributed by atoms with Crippen LogP contribution in [0.2, 0.25) is 0 Å². The molecular weight excluding hydrogens is 336 g/mol. The number of hydrogen-bond acceptors (Lipinski definition) is 2. The van der Waals surface area contributed by atoms with Crippen LogP contribution in [0.1, 0.15) is 24.5 Å². The molecule has 0 aliphatic carbocycles. The van der Waals surface area contributed by atoms with Crippen LogP contribution in [0.15, 0.2) is 50.7 Å². The lowest BCUT2D eigenvalue weighted by atomic mass is 10.0. The summed E-state index contributed by atoms with van der Waals surface area (Å²) in [5.41, 5.74) is 2.21. The summed E-state index contributed by atoms with van der Waals surface area (Å²) in [6.07, 6.45) is 1.73. The summed E-state index contributed by atoms with van der Waals surface area (Å²) in [5, 5.41) is 0. The van der Waals surface area contributed by atoms with Crippen LogP contribution in [-0.2, 0) is 17.2 Å². The van der Waals surface area contributed by atoms with Gasteiger partial charge in [-0.25, -0.2) is 4.21 Å². The van der Waals surface area contributed by atoms with E-state index < -0.39 is 10.8 Å². The van der Waals surface area contributed by atoms with Crippen LogP contribution in [0.3, 0.4) is 0 Å². The van der Waals surface area contributed by atoms with E-state index in [-0.39, 0.29) is 0 Å². The van der Waals surface area contributed by atoms with E-state index in [1.165, 1.54) is 0 Å². The molecule has 2 aromatic rings. The van der Waals surface area contributed by atoms with Gasteiger partial charge in [-0.2, -0.15) is 0 Å². The summed E-state index contributed by atoms with van der Waals surface area (Å²) in [4.78, 5) is 1.73. The maximum Gasteiger partial charge on any atom is 0.136 e. The Labute approximate surface area is 129 Å². The first kappa shape index (κ1) is 13.8. The van der Waals surface area contributed by atoms with Crippen molar-refractivity contribution in [2.45, 2.75) is 29.6 Å². The third kappa shape index (κ3) is 2.31. The fourth-order valence-electron chi connectivity index (χ4n) is 2.41. The second-order valence-corrected chi connectivity index (χ2v) is 6.99. The number of ether oxygens (including phenoxy) is 1. The highest BCUT2D eigenvalue weighted by molar-refractivity contribution is 9.10. The largest absolute Gasteiger partial charge is 0.492 e. The fraction of sp³-hybridized carbons (Fsp3) is 0.250. The van der Waals surface area contributed by atoms with Crippen molar-refractivity contribution < 1.29 is 8.95 Å². The van der Waals surface area contributed by atoms with Gasteiger partial charge in [0.05, 0.1) is 22.3 Å². The normalized spacial score (nSPS) is 16.4. The van der Waals surface area contributed by atoms with Gasteiger partial charge in [0.1, 0.15) is 5.75 Å². The van der Waals surface area contributed by atoms with Crippen LogP contribution in [0.4, 0.5) is 0 Å². The van der Waals surface area contributed by atoms with E-state index in [9.17, 15) is 4.21 Å².